The monoisotopic (exact) mass is 222 g/mol. The van der Waals surface area contributed by atoms with Gasteiger partial charge in [-0.1, -0.05) is 0 Å². The Morgan fingerprint density at radius 2 is 2.06 bits per heavy atom. The Morgan fingerprint density at radius 1 is 1.31 bits per heavy atom. The zero-order valence-corrected chi connectivity index (χ0v) is 10.1. The summed E-state index contributed by atoms with van der Waals surface area (Å²) in [6, 6.07) is 6.12. The minimum Gasteiger partial charge on any atom is -0.366 e. The molecule has 0 saturated carbocycles. The van der Waals surface area contributed by atoms with E-state index in [0.29, 0.717) is 12.1 Å². The standard InChI is InChI=1S/C13H19FN2/c1-9-4-12(14)6-13(5-9)16-8-10(2)15-7-11(16)3/h4-6,10-11,15H,7-8H2,1-3H3. The van der Waals surface area contributed by atoms with Crippen molar-refractivity contribution in [3.8, 4) is 0 Å². The molecule has 0 aliphatic carbocycles. The zero-order valence-electron chi connectivity index (χ0n) is 10.1. The van der Waals surface area contributed by atoms with E-state index in [2.05, 4.69) is 30.1 Å². The fourth-order valence-electron chi connectivity index (χ4n) is 2.26. The van der Waals surface area contributed by atoms with Crippen LogP contribution in [0.15, 0.2) is 18.2 Å². The van der Waals surface area contributed by atoms with Gasteiger partial charge in [-0.05, 0) is 44.5 Å². The number of hydrogen-bond donors (Lipinski definition) is 1. The van der Waals surface area contributed by atoms with E-state index in [0.717, 1.165) is 24.3 Å². The third-order valence-corrected chi connectivity index (χ3v) is 3.12. The molecule has 1 aliphatic heterocycles. The van der Waals surface area contributed by atoms with Crippen LogP contribution >= 0.6 is 0 Å². The number of nitrogens with one attached hydrogen (secondary N) is 1. The van der Waals surface area contributed by atoms with E-state index in [1.54, 1.807) is 12.1 Å². The van der Waals surface area contributed by atoms with Crippen molar-refractivity contribution in [2.75, 3.05) is 18.0 Å². The lowest BCUT2D eigenvalue weighted by Gasteiger charge is -2.39. The maximum atomic E-state index is 13.4. The number of aryl methyl sites for hydroxylation is 1. The number of hydrogen-bond acceptors (Lipinski definition) is 2. The van der Waals surface area contributed by atoms with Crippen LogP contribution < -0.4 is 10.2 Å². The Hall–Kier alpha value is -1.09. The van der Waals surface area contributed by atoms with Crippen LogP contribution in [0.5, 0.6) is 0 Å². The van der Waals surface area contributed by atoms with Crippen LogP contribution in [0.25, 0.3) is 0 Å². The highest BCUT2D eigenvalue weighted by Crippen LogP contribution is 2.22. The zero-order chi connectivity index (χ0) is 11.7. The molecule has 1 aromatic rings. The molecule has 0 amide bonds. The number of nitrogens with zero attached hydrogens (tertiary/aromatic N) is 1. The number of anilines is 1. The summed E-state index contributed by atoms with van der Waals surface area (Å²) >= 11 is 0. The summed E-state index contributed by atoms with van der Waals surface area (Å²) in [7, 11) is 0. The van der Waals surface area contributed by atoms with Crippen molar-refractivity contribution in [3.05, 3.63) is 29.6 Å². The second-order valence-electron chi connectivity index (χ2n) is 4.80. The van der Waals surface area contributed by atoms with Crippen LogP contribution in [-0.4, -0.2) is 25.2 Å². The van der Waals surface area contributed by atoms with Gasteiger partial charge in [0.05, 0.1) is 0 Å². The van der Waals surface area contributed by atoms with Gasteiger partial charge in [0.25, 0.3) is 0 Å². The lowest BCUT2D eigenvalue weighted by molar-refractivity contribution is 0.424. The van der Waals surface area contributed by atoms with E-state index >= 15 is 0 Å². The highest BCUT2D eigenvalue weighted by atomic mass is 19.1. The summed E-state index contributed by atoms with van der Waals surface area (Å²) in [5.74, 6) is -0.145. The molecule has 0 spiro atoms. The largest absolute Gasteiger partial charge is 0.366 e. The molecule has 1 fully saturated rings. The number of piperazine rings is 1. The van der Waals surface area contributed by atoms with Crippen molar-refractivity contribution in [1.29, 1.82) is 0 Å². The molecular formula is C13H19FN2. The van der Waals surface area contributed by atoms with E-state index in [9.17, 15) is 4.39 Å². The van der Waals surface area contributed by atoms with Gasteiger partial charge < -0.3 is 10.2 Å². The molecule has 2 nitrogen and oxygen atoms in total. The summed E-state index contributed by atoms with van der Waals surface area (Å²) in [5.41, 5.74) is 1.98. The molecule has 1 N–H and O–H groups in total. The van der Waals surface area contributed by atoms with Crippen molar-refractivity contribution >= 4 is 5.69 Å². The SMILES string of the molecule is Cc1cc(F)cc(N2CC(C)NCC2C)c1. The minimum atomic E-state index is -0.145. The average Bonchev–Trinajstić information content (AvgIpc) is 2.20. The van der Waals surface area contributed by atoms with Crippen LogP contribution in [0.2, 0.25) is 0 Å². The van der Waals surface area contributed by atoms with E-state index in [-0.39, 0.29) is 5.82 Å². The fraction of sp³-hybridized carbons (Fsp3) is 0.538. The molecule has 3 heteroatoms. The van der Waals surface area contributed by atoms with Crippen molar-refractivity contribution < 1.29 is 4.39 Å². The quantitative estimate of drug-likeness (QED) is 0.784. The average molecular weight is 222 g/mol. The highest BCUT2D eigenvalue weighted by Gasteiger charge is 2.22. The van der Waals surface area contributed by atoms with Gasteiger partial charge in [0.15, 0.2) is 0 Å². The van der Waals surface area contributed by atoms with Gasteiger partial charge >= 0.3 is 0 Å². The molecule has 16 heavy (non-hydrogen) atoms. The first-order valence-electron chi connectivity index (χ1n) is 5.83. The Bertz CT molecular complexity index is 358. The second-order valence-corrected chi connectivity index (χ2v) is 4.80. The molecule has 2 rings (SSSR count). The van der Waals surface area contributed by atoms with Gasteiger partial charge in [0.2, 0.25) is 0 Å². The van der Waals surface area contributed by atoms with Gasteiger partial charge in [0.1, 0.15) is 5.82 Å². The first-order chi connectivity index (χ1) is 7.56. The van der Waals surface area contributed by atoms with Crippen molar-refractivity contribution in [2.45, 2.75) is 32.9 Å². The van der Waals surface area contributed by atoms with E-state index in [4.69, 9.17) is 0 Å². The maximum Gasteiger partial charge on any atom is 0.125 e. The summed E-state index contributed by atoms with van der Waals surface area (Å²) in [4.78, 5) is 2.28. The maximum absolute atomic E-state index is 13.4. The van der Waals surface area contributed by atoms with Gasteiger partial charge in [0, 0.05) is 30.9 Å². The van der Waals surface area contributed by atoms with Crippen LogP contribution in [0.4, 0.5) is 10.1 Å². The molecule has 2 atom stereocenters. The van der Waals surface area contributed by atoms with Crippen LogP contribution in [0.1, 0.15) is 19.4 Å². The number of rotatable bonds is 1. The topological polar surface area (TPSA) is 15.3 Å². The molecule has 88 valence electrons. The third-order valence-electron chi connectivity index (χ3n) is 3.12. The van der Waals surface area contributed by atoms with Gasteiger partial charge in [-0.15, -0.1) is 0 Å². The van der Waals surface area contributed by atoms with Crippen LogP contribution in [0.3, 0.4) is 0 Å². The van der Waals surface area contributed by atoms with Crippen LogP contribution in [-0.2, 0) is 0 Å². The minimum absolute atomic E-state index is 0.145. The summed E-state index contributed by atoms with van der Waals surface area (Å²) < 4.78 is 13.4. The normalized spacial score (nSPS) is 25.9. The molecular weight excluding hydrogens is 203 g/mol. The molecule has 0 aromatic heterocycles. The summed E-state index contributed by atoms with van der Waals surface area (Å²) in [6.45, 7) is 8.15. The van der Waals surface area contributed by atoms with Gasteiger partial charge in [-0.3, -0.25) is 0 Å². The van der Waals surface area contributed by atoms with E-state index in [1.807, 2.05) is 6.92 Å². The van der Waals surface area contributed by atoms with Crippen molar-refractivity contribution in [1.82, 2.24) is 5.32 Å². The third kappa shape index (κ3) is 2.35. The Labute approximate surface area is 96.5 Å². The second kappa shape index (κ2) is 4.42. The smallest absolute Gasteiger partial charge is 0.125 e. The Balaban J connectivity index is 2.27. The fourth-order valence-corrected chi connectivity index (χ4v) is 2.26. The number of benzene rings is 1. The summed E-state index contributed by atoms with van der Waals surface area (Å²) in [5, 5.41) is 3.43. The predicted octanol–water partition coefficient (Wildman–Crippen LogP) is 2.32. The first-order valence-corrected chi connectivity index (χ1v) is 5.83. The molecule has 1 aromatic carbocycles. The molecule has 1 saturated heterocycles. The first kappa shape index (κ1) is 11.4. The van der Waals surface area contributed by atoms with Gasteiger partial charge in [-0.2, -0.15) is 0 Å². The molecule has 2 unspecified atom stereocenters. The number of halogens is 1. The van der Waals surface area contributed by atoms with Crippen molar-refractivity contribution in [2.24, 2.45) is 0 Å². The predicted molar refractivity (Wildman–Crippen MR) is 65.4 cm³/mol. The lowest BCUT2D eigenvalue weighted by Crippen LogP contribution is -2.54. The van der Waals surface area contributed by atoms with E-state index < -0.39 is 0 Å². The Morgan fingerprint density at radius 3 is 2.75 bits per heavy atom. The van der Waals surface area contributed by atoms with Gasteiger partial charge in [-0.25, -0.2) is 4.39 Å². The summed E-state index contributed by atoms with van der Waals surface area (Å²) in [6.07, 6.45) is 0. The Kier molecular flexibility index (Phi) is 3.15. The highest BCUT2D eigenvalue weighted by molar-refractivity contribution is 5.50. The lowest BCUT2D eigenvalue weighted by atomic mass is 10.1. The molecule has 0 bridgehead atoms. The van der Waals surface area contributed by atoms with E-state index in [1.165, 1.54) is 0 Å². The molecule has 1 aliphatic rings. The molecule has 1 heterocycles. The molecule has 0 radical (unpaired) electrons. The van der Waals surface area contributed by atoms with Crippen LogP contribution in [0, 0.1) is 12.7 Å². The van der Waals surface area contributed by atoms with Crippen molar-refractivity contribution in [3.63, 3.8) is 0 Å².